The first-order chi connectivity index (χ1) is 11.8. The second-order valence-corrected chi connectivity index (χ2v) is 7.78. The van der Waals surface area contributed by atoms with E-state index in [0.29, 0.717) is 20.6 Å². The number of hydrogen-bond acceptors (Lipinski definition) is 4. The van der Waals surface area contributed by atoms with Crippen LogP contribution >= 0.6 is 34.8 Å². The molecule has 0 spiro atoms. The lowest BCUT2D eigenvalue weighted by atomic mass is 10.2. The Morgan fingerprint density at radius 3 is 2.32 bits per heavy atom. The molecule has 132 valence electrons. The van der Waals surface area contributed by atoms with Crippen LogP contribution in [0.1, 0.15) is 5.56 Å². The number of rotatable bonds is 6. The predicted octanol–water partition coefficient (Wildman–Crippen LogP) is 3.08. The van der Waals surface area contributed by atoms with Crippen LogP contribution in [0.5, 0.6) is 0 Å². The maximum atomic E-state index is 12.0. The van der Waals surface area contributed by atoms with Gasteiger partial charge in [0, 0.05) is 15.6 Å². The fourth-order valence-corrected chi connectivity index (χ4v) is 3.24. The molecule has 2 rings (SSSR count). The number of halogens is 3. The average Bonchev–Trinajstić information content (AvgIpc) is 2.55. The van der Waals surface area contributed by atoms with E-state index < -0.39 is 22.5 Å². The summed E-state index contributed by atoms with van der Waals surface area (Å²) in [5, 5.41) is 4.97. The number of hydrogen-bond donors (Lipinski definition) is 2. The number of sulfonamides is 1. The number of nitrogens with zero attached hydrogens (tertiary/aromatic N) is 1. The average molecular weight is 421 g/mol. The van der Waals surface area contributed by atoms with E-state index >= 15 is 0 Å². The summed E-state index contributed by atoms with van der Waals surface area (Å²) in [6, 6.07) is 10.3. The van der Waals surface area contributed by atoms with Crippen LogP contribution in [0.3, 0.4) is 0 Å². The van der Waals surface area contributed by atoms with Gasteiger partial charge in [0.25, 0.3) is 5.91 Å². The molecule has 0 saturated heterocycles. The van der Waals surface area contributed by atoms with Crippen LogP contribution in [-0.4, -0.2) is 27.1 Å². The Morgan fingerprint density at radius 2 is 1.68 bits per heavy atom. The van der Waals surface area contributed by atoms with E-state index in [9.17, 15) is 13.2 Å². The van der Waals surface area contributed by atoms with E-state index in [1.54, 1.807) is 12.1 Å². The summed E-state index contributed by atoms with van der Waals surface area (Å²) >= 11 is 17.4. The SMILES string of the molecule is O=C(CNS(=O)(=O)c1ccc(Cl)cc1)N/N=C/c1ccc(Cl)cc1Cl. The van der Waals surface area contributed by atoms with Gasteiger partial charge >= 0.3 is 0 Å². The molecule has 2 aromatic rings. The standard InChI is InChI=1S/C15H12Cl3N3O3S/c16-11-3-5-13(6-4-11)25(23,24)20-9-15(22)21-19-8-10-1-2-12(17)7-14(10)18/h1-8,20H,9H2,(H,21,22)/b19-8+. The molecule has 0 aromatic heterocycles. The smallest absolute Gasteiger partial charge is 0.255 e. The maximum absolute atomic E-state index is 12.0. The number of nitrogens with one attached hydrogen (secondary N) is 2. The van der Waals surface area contributed by atoms with Gasteiger partial charge < -0.3 is 0 Å². The number of benzene rings is 2. The van der Waals surface area contributed by atoms with Gasteiger partial charge in [-0.1, -0.05) is 40.9 Å². The summed E-state index contributed by atoms with van der Waals surface area (Å²) in [7, 11) is -3.82. The molecule has 0 bridgehead atoms. The van der Waals surface area contributed by atoms with E-state index in [0.717, 1.165) is 0 Å². The minimum absolute atomic E-state index is 0.00106. The lowest BCUT2D eigenvalue weighted by molar-refractivity contribution is -0.119. The largest absolute Gasteiger partial charge is 0.272 e. The molecule has 0 atom stereocenters. The Balaban J connectivity index is 1.90. The van der Waals surface area contributed by atoms with E-state index in [-0.39, 0.29) is 4.90 Å². The zero-order valence-corrected chi connectivity index (χ0v) is 15.6. The van der Waals surface area contributed by atoms with Gasteiger partial charge in [-0.25, -0.2) is 18.6 Å². The third-order valence-corrected chi connectivity index (χ3v) is 5.13. The molecule has 6 nitrogen and oxygen atoms in total. The van der Waals surface area contributed by atoms with Crippen molar-refractivity contribution in [3.05, 3.63) is 63.1 Å². The Kier molecular flexibility index (Phi) is 6.80. The van der Waals surface area contributed by atoms with Crippen LogP contribution in [0.4, 0.5) is 0 Å². The third kappa shape index (κ3) is 5.98. The summed E-state index contributed by atoms with van der Waals surface area (Å²) in [5.41, 5.74) is 2.75. The summed E-state index contributed by atoms with van der Waals surface area (Å²) < 4.78 is 26.2. The summed E-state index contributed by atoms with van der Waals surface area (Å²) in [4.78, 5) is 11.7. The molecule has 0 unspecified atom stereocenters. The van der Waals surface area contributed by atoms with E-state index in [1.807, 2.05) is 0 Å². The second kappa shape index (κ2) is 8.64. The predicted molar refractivity (Wildman–Crippen MR) is 98.8 cm³/mol. The molecule has 0 radical (unpaired) electrons. The number of carbonyl (C=O) groups excluding carboxylic acids is 1. The van der Waals surface area contributed by atoms with Gasteiger partial charge in [-0.3, -0.25) is 4.79 Å². The van der Waals surface area contributed by atoms with Crippen LogP contribution in [0.2, 0.25) is 15.1 Å². The highest BCUT2D eigenvalue weighted by atomic mass is 35.5. The molecule has 0 saturated carbocycles. The van der Waals surface area contributed by atoms with Gasteiger partial charge in [0.05, 0.1) is 22.7 Å². The van der Waals surface area contributed by atoms with Crippen molar-refractivity contribution in [2.24, 2.45) is 5.10 Å². The van der Waals surface area contributed by atoms with Gasteiger partial charge in [-0.15, -0.1) is 0 Å². The lowest BCUT2D eigenvalue weighted by Gasteiger charge is -2.06. The lowest BCUT2D eigenvalue weighted by Crippen LogP contribution is -2.34. The second-order valence-electron chi connectivity index (χ2n) is 4.74. The molecule has 2 N–H and O–H groups in total. The van der Waals surface area contributed by atoms with Crippen LogP contribution in [-0.2, 0) is 14.8 Å². The van der Waals surface area contributed by atoms with Crippen molar-refractivity contribution >= 4 is 56.9 Å². The first-order valence-electron chi connectivity index (χ1n) is 6.80. The maximum Gasteiger partial charge on any atom is 0.255 e. The summed E-state index contributed by atoms with van der Waals surface area (Å²) in [6.07, 6.45) is 1.32. The Bertz CT molecular complexity index is 900. The third-order valence-electron chi connectivity index (χ3n) is 2.90. The molecule has 0 aliphatic rings. The quantitative estimate of drug-likeness (QED) is 0.556. The first kappa shape index (κ1) is 19.7. The fourth-order valence-electron chi connectivity index (χ4n) is 1.68. The Hall–Kier alpha value is -1.64. The van der Waals surface area contributed by atoms with E-state index in [4.69, 9.17) is 34.8 Å². The zero-order valence-electron chi connectivity index (χ0n) is 12.5. The highest BCUT2D eigenvalue weighted by Gasteiger charge is 2.15. The van der Waals surface area contributed by atoms with Crippen molar-refractivity contribution in [3.8, 4) is 0 Å². The molecule has 2 aromatic carbocycles. The summed E-state index contributed by atoms with van der Waals surface area (Å²) in [6.45, 7) is -0.476. The minimum atomic E-state index is -3.82. The number of carbonyl (C=O) groups is 1. The molecule has 0 fully saturated rings. The first-order valence-corrected chi connectivity index (χ1v) is 9.42. The van der Waals surface area contributed by atoms with Crippen molar-refractivity contribution in [1.82, 2.24) is 10.1 Å². The normalized spacial score (nSPS) is 11.6. The van der Waals surface area contributed by atoms with Crippen LogP contribution in [0.25, 0.3) is 0 Å². The molecule has 1 amide bonds. The van der Waals surface area contributed by atoms with Crippen LogP contribution in [0, 0.1) is 0 Å². The van der Waals surface area contributed by atoms with Crippen molar-refractivity contribution in [1.29, 1.82) is 0 Å². The van der Waals surface area contributed by atoms with Gasteiger partial charge in [0.15, 0.2) is 0 Å². The number of hydrazone groups is 1. The van der Waals surface area contributed by atoms with Gasteiger partial charge in [-0.2, -0.15) is 5.10 Å². The molecular weight excluding hydrogens is 409 g/mol. The molecule has 10 heteroatoms. The Morgan fingerprint density at radius 1 is 1.04 bits per heavy atom. The van der Waals surface area contributed by atoms with E-state index in [2.05, 4.69) is 15.2 Å². The molecule has 0 aliphatic carbocycles. The van der Waals surface area contributed by atoms with Crippen molar-refractivity contribution in [2.75, 3.05) is 6.54 Å². The van der Waals surface area contributed by atoms with Crippen molar-refractivity contribution in [2.45, 2.75) is 4.90 Å². The highest BCUT2D eigenvalue weighted by molar-refractivity contribution is 7.89. The van der Waals surface area contributed by atoms with Crippen LogP contribution < -0.4 is 10.1 Å². The monoisotopic (exact) mass is 419 g/mol. The van der Waals surface area contributed by atoms with Crippen molar-refractivity contribution in [3.63, 3.8) is 0 Å². The highest BCUT2D eigenvalue weighted by Crippen LogP contribution is 2.19. The van der Waals surface area contributed by atoms with Gasteiger partial charge in [0.1, 0.15) is 0 Å². The minimum Gasteiger partial charge on any atom is -0.272 e. The van der Waals surface area contributed by atoms with Gasteiger partial charge in [-0.05, 0) is 36.4 Å². The zero-order chi connectivity index (χ0) is 18.4. The van der Waals surface area contributed by atoms with Crippen LogP contribution in [0.15, 0.2) is 52.5 Å². The molecular formula is C15H12Cl3N3O3S. The Labute approximate surface area is 159 Å². The van der Waals surface area contributed by atoms with Crippen molar-refractivity contribution < 1.29 is 13.2 Å². The molecule has 25 heavy (non-hydrogen) atoms. The molecule has 0 aliphatic heterocycles. The molecule has 0 heterocycles. The van der Waals surface area contributed by atoms with E-state index in [1.165, 1.54) is 36.5 Å². The van der Waals surface area contributed by atoms with Gasteiger partial charge in [0.2, 0.25) is 10.0 Å². The number of amides is 1. The fraction of sp³-hybridized carbons (Fsp3) is 0.0667. The summed E-state index contributed by atoms with van der Waals surface area (Å²) in [5.74, 6) is -0.640. The topological polar surface area (TPSA) is 87.6 Å².